The van der Waals surface area contributed by atoms with Gasteiger partial charge >= 0.3 is 0 Å². The second-order valence-electron chi connectivity index (χ2n) is 4.51. The van der Waals surface area contributed by atoms with E-state index in [2.05, 4.69) is 22.4 Å². The van der Waals surface area contributed by atoms with Crippen LogP contribution in [-0.4, -0.2) is 56.6 Å². The summed E-state index contributed by atoms with van der Waals surface area (Å²) >= 11 is 4.56. The van der Waals surface area contributed by atoms with E-state index < -0.39 is 37.1 Å². The van der Waals surface area contributed by atoms with E-state index in [9.17, 15) is 20.4 Å². The van der Waals surface area contributed by atoms with Gasteiger partial charge in [-0.3, -0.25) is 0 Å². The molecule has 6 nitrogen and oxygen atoms in total. The van der Waals surface area contributed by atoms with E-state index in [1.54, 1.807) is 24.3 Å². The minimum Gasteiger partial charge on any atom is -0.394 e. The van der Waals surface area contributed by atoms with Crippen LogP contribution in [-0.2, 0) is 4.74 Å². The summed E-state index contributed by atoms with van der Waals surface area (Å²) in [7, 11) is 0. The highest BCUT2D eigenvalue weighted by atomic mass is 32.1. The van der Waals surface area contributed by atoms with Crippen LogP contribution in [0, 0.1) is 0 Å². The van der Waals surface area contributed by atoms with Gasteiger partial charge in [-0.1, -0.05) is 18.2 Å². The van der Waals surface area contributed by atoms with E-state index >= 15 is 0 Å². The molecule has 1 aromatic rings. The van der Waals surface area contributed by atoms with Gasteiger partial charge in [0.05, 0.1) is 17.5 Å². The summed E-state index contributed by atoms with van der Waals surface area (Å²) in [4.78, 5) is 3.88. The maximum atomic E-state index is 10.1. The molecule has 0 aliphatic carbocycles. The van der Waals surface area contributed by atoms with Crippen LogP contribution >= 0.6 is 12.2 Å². The van der Waals surface area contributed by atoms with Crippen LogP contribution in [0.4, 0.5) is 5.69 Å². The van der Waals surface area contributed by atoms with Crippen molar-refractivity contribution >= 4 is 23.1 Å². The molecule has 0 radical (unpaired) electrons. The topological polar surface area (TPSA) is 103 Å². The van der Waals surface area contributed by atoms with Gasteiger partial charge in [-0.25, -0.2) is 0 Å². The first-order valence-electron chi connectivity index (χ1n) is 6.07. The van der Waals surface area contributed by atoms with Gasteiger partial charge < -0.3 is 25.2 Å². The summed E-state index contributed by atoms with van der Waals surface area (Å²) < 4.78 is 5.47. The molecule has 1 aliphatic rings. The second kappa shape index (κ2) is 6.51. The van der Waals surface area contributed by atoms with Crippen molar-refractivity contribution in [3.8, 4) is 0 Å². The molecule has 1 fully saturated rings. The lowest BCUT2D eigenvalue weighted by molar-refractivity contribution is -0.231. The third-order valence-corrected chi connectivity index (χ3v) is 3.39. The zero-order valence-electron chi connectivity index (χ0n) is 10.5. The Labute approximate surface area is 121 Å². The largest absolute Gasteiger partial charge is 0.394 e. The number of hydrogen-bond acceptors (Lipinski definition) is 7. The average Bonchev–Trinajstić information content (AvgIpc) is 2.47. The molecule has 1 aromatic carbocycles. The minimum atomic E-state index is -1.42. The molecule has 20 heavy (non-hydrogen) atoms. The Morgan fingerprint density at radius 2 is 1.85 bits per heavy atom. The van der Waals surface area contributed by atoms with Gasteiger partial charge in [-0.05, 0) is 18.3 Å². The van der Waals surface area contributed by atoms with Crippen molar-refractivity contribution in [1.29, 1.82) is 0 Å². The van der Waals surface area contributed by atoms with Crippen molar-refractivity contribution in [2.45, 2.75) is 30.5 Å². The van der Waals surface area contributed by atoms with Crippen LogP contribution < -0.4 is 0 Å². The second-order valence-corrected chi connectivity index (χ2v) is 4.69. The molecule has 0 amide bonds. The monoisotopic (exact) mass is 297 g/mol. The van der Waals surface area contributed by atoms with Crippen LogP contribution in [0.3, 0.4) is 0 Å². The highest BCUT2D eigenvalue weighted by Gasteiger charge is 2.44. The molecular formula is C13H15NO5S. The maximum absolute atomic E-state index is 10.1. The summed E-state index contributed by atoms with van der Waals surface area (Å²) in [6.45, 7) is -0.472. The molecule has 4 N–H and O–H groups in total. The predicted octanol–water partition coefficient (Wildman–Crippen LogP) is -0.0642. The van der Waals surface area contributed by atoms with Crippen molar-refractivity contribution in [3.63, 3.8) is 0 Å². The first-order valence-corrected chi connectivity index (χ1v) is 6.48. The molecule has 1 heterocycles. The molecule has 0 saturated carbocycles. The summed E-state index contributed by atoms with van der Waals surface area (Å²) in [6, 6.07) is 6.78. The highest BCUT2D eigenvalue weighted by Crippen LogP contribution is 2.36. The molecular weight excluding hydrogens is 282 g/mol. The van der Waals surface area contributed by atoms with E-state index in [0.717, 1.165) is 0 Å². The zero-order valence-corrected chi connectivity index (χ0v) is 11.3. The van der Waals surface area contributed by atoms with Gasteiger partial charge in [0, 0.05) is 5.56 Å². The Kier molecular flexibility index (Phi) is 4.95. The lowest BCUT2D eigenvalue weighted by atomic mass is 9.90. The van der Waals surface area contributed by atoms with E-state index in [1.165, 1.54) is 0 Å². The summed E-state index contributed by atoms with van der Waals surface area (Å²) in [5, 5.41) is 41.0. The quantitative estimate of drug-likeness (QED) is 0.460. The summed E-state index contributed by atoms with van der Waals surface area (Å²) in [5.74, 6) is 0. The summed E-state index contributed by atoms with van der Waals surface area (Å²) in [6.07, 6.45) is -6.02. The van der Waals surface area contributed by atoms with Crippen LogP contribution in [0.1, 0.15) is 11.7 Å². The number of benzene rings is 1. The first-order chi connectivity index (χ1) is 9.60. The number of aliphatic imine (C=N–C) groups is 1. The smallest absolute Gasteiger partial charge is 0.114 e. The van der Waals surface area contributed by atoms with E-state index in [1.807, 2.05) is 0 Å². The normalized spacial score (nSPS) is 33.5. The van der Waals surface area contributed by atoms with Crippen LogP contribution in [0.2, 0.25) is 0 Å². The molecule has 1 saturated heterocycles. The molecule has 0 aromatic heterocycles. The van der Waals surface area contributed by atoms with Crippen LogP contribution in [0.25, 0.3) is 0 Å². The fraction of sp³-hybridized carbons (Fsp3) is 0.462. The van der Waals surface area contributed by atoms with Crippen LogP contribution in [0.5, 0.6) is 0 Å². The van der Waals surface area contributed by atoms with Gasteiger partial charge in [-0.2, -0.15) is 4.99 Å². The molecule has 0 bridgehead atoms. The Morgan fingerprint density at radius 3 is 2.50 bits per heavy atom. The maximum Gasteiger partial charge on any atom is 0.114 e. The van der Waals surface area contributed by atoms with Crippen molar-refractivity contribution in [2.75, 3.05) is 6.61 Å². The van der Waals surface area contributed by atoms with Crippen molar-refractivity contribution < 1.29 is 25.2 Å². The molecule has 0 unspecified atom stereocenters. The van der Waals surface area contributed by atoms with Crippen molar-refractivity contribution in [2.24, 2.45) is 4.99 Å². The number of rotatable bonds is 3. The zero-order chi connectivity index (χ0) is 14.7. The van der Waals surface area contributed by atoms with Crippen LogP contribution in [0.15, 0.2) is 29.3 Å². The molecule has 7 heteroatoms. The molecule has 2 rings (SSSR count). The van der Waals surface area contributed by atoms with Gasteiger partial charge in [0.25, 0.3) is 0 Å². The van der Waals surface area contributed by atoms with Gasteiger partial charge in [-0.15, -0.1) is 0 Å². The van der Waals surface area contributed by atoms with Crippen molar-refractivity contribution in [3.05, 3.63) is 29.8 Å². The summed E-state index contributed by atoms with van der Waals surface area (Å²) in [5.41, 5.74) is 0.952. The predicted molar refractivity (Wildman–Crippen MR) is 73.8 cm³/mol. The minimum absolute atomic E-state index is 0.451. The lowest BCUT2D eigenvalue weighted by Crippen LogP contribution is -2.55. The Hall–Kier alpha value is -1.18. The van der Waals surface area contributed by atoms with E-state index in [0.29, 0.717) is 11.3 Å². The van der Waals surface area contributed by atoms with Crippen molar-refractivity contribution in [1.82, 2.24) is 0 Å². The Balaban J connectivity index is 2.38. The van der Waals surface area contributed by atoms with Gasteiger partial charge in [0.15, 0.2) is 0 Å². The fourth-order valence-electron chi connectivity index (χ4n) is 2.24. The number of aliphatic hydroxyl groups excluding tert-OH is 4. The molecule has 5 atom stereocenters. The first kappa shape index (κ1) is 15.2. The Morgan fingerprint density at radius 1 is 1.15 bits per heavy atom. The number of aliphatic hydroxyl groups is 4. The highest BCUT2D eigenvalue weighted by molar-refractivity contribution is 7.78. The number of thiocarbonyl (C=S) groups is 1. The molecule has 0 spiro atoms. The number of nitrogens with zero attached hydrogens (tertiary/aromatic N) is 1. The fourth-order valence-corrected chi connectivity index (χ4v) is 2.34. The SMILES string of the molecule is OC[C@H]1O[C@@H](c2ccccc2N=C=S)[C@H](O)[C@@H](O)[C@H]1O. The standard InChI is InChI=1S/C13H15NO5S/c15-5-9-10(16)11(17)12(18)13(19-9)7-3-1-2-4-8(7)14-6-20/h1-4,9-13,15-18H,5H2/t9-,10+,11+,12-,13+/m1/s1. The van der Waals surface area contributed by atoms with Gasteiger partial charge in [0.2, 0.25) is 0 Å². The average molecular weight is 297 g/mol. The van der Waals surface area contributed by atoms with E-state index in [4.69, 9.17) is 4.74 Å². The number of ether oxygens (including phenoxy) is 1. The third kappa shape index (κ3) is 2.79. The third-order valence-electron chi connectivity index (χ3n) is 3.30. The number of hydrogen-bond donors (Lipinski definition) is 4. The molecule has 1 aliphatic heterocycles. The number of isothiocyanates is 1. The molecule has 108 valence electrons. The number of para-hydroxylation sites is 1. The Bertz CT molecular complexity index is 517. The van der Waals surface area contributed by atoms with Gasteiger partial charge in [0.1, 0.15) is 30.5 Å². The van der Waals surface area contributed by atoms with E-state index in [-0.39, 0.29) is 0 Å². The lowest BCUT2D eigenvalue weighted by Gasteiger charge is -2.40.